The van der Waals surface area contributed by atoms with Crippen LogP contribution in [0.15, 0.2) is 27.9 Å². The molecule has 0 unspecified atom stereocenters. The monoisotopic (exact) mass is 166 g/mol. The van der Waals surface area contributed by atoms with Gasteiger partial charge in [0.15, 0.2) is 5.76 Å². The average Bonchev–Trinajstić information content (AvgIpc) is 2.51. The molecule has 1 heterocycles. The van der Waals surface area contributed by atoms with Gasteiger partial charge < -0.3 is 4.42 Å². The number of hydrogen-bond donors (Lipinski definition) is 1. The van der Waals surface area contributed by atoms with Gasteiger partial charge in [0, 0.05) is 5.71 Å². The molecule has 0 saturated carbocycles. The van der Waals surface area contributed by atoms with Gasteiger partial charge in [0.05, 0.1) is 6.26 Å². The van der Waals surface area contributed by atoms with Gasteiger partial charge in [-0.3, -0.25) is 4.79 Å². The summed E-state index contributed by atoms with van der Waals surface area (Å²) in [4.78, 5) is 11.1. The molecule has 0 aliphatic carbocycles. The second-order valence-electron chi connectivity index (χ2n) is 2.48. The highest BCUT2D eigenvalue weighted by Crippen LogP contribution is 1.98. The maximum Gasteiger partial charge on any atom is 0.307 e. The number of hydrogen-bond acceptors (Lipinski definition) is 3. The van der Waals surface area contributed by atoms with E-state index >= 15 is 0 Å². The zero-order valence-electron chi connectivity index (χ0n) is 7.00. The van der Waals surface area contributed by atoms with E-state index in [9.17, 15) is 4.79 Å². The summed E-state index contributed by atoms with van der Waals surface area (Å²) < 4.78 is 4.85. The first-order chi connectivity index (χ1) is 5.70. The molecule has 1 rings (SSSR count). The van der Waals surface area contributed by atoms with Crippen molar-refractivity contribution in [3.8, 4) is 0 Å². The molecule has 0 saturated heterocycles. The van der Waals surface area contributed by atoms with Gasteiger partial charge >= 0.3 is 5.91 Å². The van der Waals surface area contributed by atoms with Gasteiger partial charge in [-0.25, -0.2) is 5.43 Å². The molecule has 1 aromatic rings. The van der Waals surface area contributed by atoms with Crippen molar-refractivity contribution in [1.82, 2.24) is 5.43 Å². The highest BCUT2D eigenvalue weighted by atomic mass is 16.3. The summed E-state index contributed by atoms with van der Waals surface area (Å²) in [6.07, 6.45) is 1.44. The quantitative estimate of drug-likeness (QED) is 0.533. The number of hydrazone groups is 1. The number of carbonyl (C=O) groups is 1. The van der Waals surface area contributed by atoms with E-state index in [1.165, 1.54) is 6.26 Å². The molecule has 4 heteroatoms. The Bertz CT molecular complexity index is 284. The van der Waals surface area contributed by atoms with Crippen molar-refractivity contribution in [2.75, 3.05) is 0 Å². The Balaban J connectivity index is 2.57. The largest absolute Gasteiger partial charge is 0.459 e. The molecular formula is C8H10N2O2. The van der Waals surface area contributed by atoms with Gasteiger partial charge in [-0.1, -0.05) is 0 Å². The van der Waals surface area contributed by atoms with Crippen LogP contribution in [0.1, 0.15) is 24.4 Å². The van der Waals surface area contributed by atoms with Crippen molar-refractivity contribution >= 4 is 11.6 Å². The number of nitrogens with one attached hydrogen (secondary N) is 1. The predicted octanol–water partition coefficient (Wildman–Crippen LogP) is 1.41. The first-order valence-electron chi connectivity index (χ1n) is 3.55. The standard InChI is InChI=1S/C8H10N2O2/c1-6(2)9-10-8(11)7-4-3-5-12-7/h3-5H,1-2H3,(H,10,11). The fourth-order valence-electron chi connectivity index (χ4n) is 0.625. The van der Waals surface area contributed by atoms with Gasteiger partial charge in [-0.2, -0.15) is 5.10 Å². The average molecular weight is 166 g/mol. The van der Waals surface area contributed by atoms with Crippen LogP contribution in [0.2, 0.25) is 0 Å². The zero-order chi connectivity index (χ0) is 8.97. The van der Waals surface area contributed by atoms with Crippen molar-refractivity contribution < 1.29 is 9.21 Å². The van der Waals surface area contributed by atoms with Crippen LogP contribution in [-0.2, 0) is 0 Å². The summed E-state index contributed by atoms with van der Waals surface area (Å²) in [7, 11) is 0. The van der Waals surface area contributed by atoms with E-state index in [1.807, 2.05) is 0 Å². The summed E-state index contributed by atoms with van der Waals surface area (Å²) in [6, 6.07) is 3.23. The molecular weight excluding hydrogens is 156 g/mol. The molecule has 1 N–H and O–H groups in total. The summed E-state index contributed by atoms with van der Waals surface area (Å²) in [5, 5.41) is 3.74. The molecule has 64 valence electrons. The minimum atomic E-state index is -0.332. The molecule has 0 aliphatic heterocycles. The smallest absolute Gasteiger partial charge is 0.307 e. The van der Waals surface area contributed by atoms with E-state index in [2.05, 4.69) is 10.5 Å². The molecule has 0 aromatic carbocycles. The van der Waals surface area contributed by atoms with Gasteiger partial charge in [0.1, 0.15) is 0 Å². The lowest BCUT2D eigenvalue weighted by Crippen LogP contribution is -2.17. The number of amides is 1. The summed E-state index contributed by atoms with van der Waals surface area (Å²) in [5.74, 6) is -0.0683. The lowest BCUT2D eigenvalue weighted by Gasteiger charge is -1.94. The molecule has 0 fully saturated rings. The third-order valence-electron chi connectivity index (χ3n) is 1.13. The van der Waals surface area contributed by atoms with E-state index in [0.29, 0.717) is 0 Å². The van der Waals surface area contributed by atoms with Crippen molar-refractivity contribution in [2.24, 2.45) is 5.10 Å². The highest BCUT2D eigenvalue weighted by Gasteiger charge is 2.05. The third kappa shape index (κ3) is 2.23. The maximum atomic E-state index is 11.1. The van der Waals surface area contributed by atoms with Crippen LogP contribution in [0.3, 0.4) is 0 Å². The van der Waals surface area contributed by atoms with Crippen LogP contribution in [0, 0.1) is 0 Å². The SMILES string of the molecule is CC(C)=NNC(=O)c1ccco1. The molecule has 1 aromatic heterocycles. The van der Waals surface area contributed by atoms with Gasteiger partial charge in [-0.15, -0.1) is 0 Å². The number of nitrogens with zero attached hydrogens (tertiary/aromatic N) is 1. The van der Waals surface area contributed by atoms with E-state index in [-0.39, 0.29) is 11.7 Å². The van der Waals surface area contributed by atoms with Gasteiger partial charge in [0.25, 0.3) is 0 Å². The van der Waals surface area contributed by atoms with E-state index in [0.717, 1.165) is 5.71 Å². The fourth-order valence-corrected chi connectivity index (χ4v) is 0.625. The summed E-state index contributed by atoms with van der Waals surface area (Å²) in [6.45, 7) is 3.59. The summed E-state index contributed by atoms with van der Waals surface area (Å²) >= 11 is 0. The molecule has 0 spiro atoms. The van der Waals surface area contributed by atoms with E-state index in [1.54, 1.807) is 26.0 Å². The van der Waals surface area contributed by atoms with Crippen molar-refractivity contribution in [1.29, 1.82) is 0 Å². The van der Waals surface area contributed by atoms with Crippen molar-refractivity contribution in [3.05, 3.63) is 24.2 Å². The number of carbonyl (C=O) groups excluding carboxylic acids is 1. The fraction of sp³-hybridized carbons (Fsp3) is 0.250. The van der Waals surface area contributed by atoms with Crippen LogP contribution < -0.4 is 5.43 Å². The molecule has 0 bridgehead atoms. The predicted molar refractivity (Wildman–Crippen MR) is 45.0 cm³/mol. The van der Waals surface area contributed by atoms with Crippen LogP contribution in [0.4, 0.5) is 0 Å². The lowest BCUT2D eigenvalue weighted by atomic mass is 10.4. The zero-order valence-corrected chi connectivity index (χ0v) is 7.00. The molecule has 4 nitrogen and oxygen atoms in total. The van der Waals surface area contributed by atoms with Crippen LogP contribution in [-0.4, -0.2) is 11.6 Å². The highest BCUT2D eigenvalue weighted by molar-refractivity contribution is 5.92. The maximum absolute atomic E-state index is 11.1. The molecule has 1 amide bonds. The second kappa shape index (κ2) is 3.71. The molecule has 12 heavy (non-hydrogen) atoms. The van der Waals surface area contributed by atoms with Gasteiger partial charge in [0.2, 0.25) is 0 Å². The second-order valence-corrected chi connectivity index (χ2v) is 2.48. The van der Waals surface area contributed by atoms with Crippen molar-refractivity contribution in [3.63, 3.8) is 0 Å². The Hall–Kier alpha value is -1.58. The van der Waals surface area contributed by atoms with Crippen molar-refractivity contribution in [2.45, 2.75) is 13.8 Å². The molecule has 0 radical (unpaired) electrons. The summed E-state index contributed by atoms with van der Waals surface area (Å²) in [5.41, 5.74) is 3.13. The Kier molecular flexibility index (Phi) is 2.63. The lowest BCUT2D eigenvalue weighted by molar-refractivity contribution is 0.0927. The van der Waals surface area contributed by atoms with E-state index < -0.39 is 0 Å². The minimum Gasteiger partial charge on any atom is -0.459 e. The Labute approximate surface area is 70.3 Å². The first kappa shape index (κ1) is 8.52. The number of furan rings is 1. The van der Waals surface area contributed by atoms with Crippen LogP contribution in [0.5, 0.6) is 0 Å². The number of rotatable bonds is 2. The molecule has 0 atom stereocenters. The minimum absolute atomic E-state index is 0.264. The first-order valence-corrected chi connectivity index (χ1v) is 3.55. The van der Waals surface area contributed by atoms with Gasteiger partial charge in [-0.05, 0) is 26.0 Å². The molecule has 0 aliphatic rings. The van der Waals surface area contributed by atoms with Crippen LogP contribution in [0.25, 0.3) is 0 Å². The topological polar surface area (TPSA) is 54.6 Å². The Morgan fingerprint density at radius 3 is 2.83 bits per heavy atom. The Morgan fingerprint density at radius 1 is 1.58 bits per heavy atom. The van der Waals surface area contributed by atoms with E-state index in [4.69, 9.17) is 4.42 Å². The third-order valence-corrected chi connectivity index (χ3v) is 1.13. The Morgan fingerprint density at radius 2 is 2.33 bits per heavy atom. The van der Waals surface area contributed by atoms with Crippen LogP contribution >= 0.6 is 0 Å². The normalized spacial score (nSPS) is 9.17.